The minimum atomic E-state index is -1.13. The molecule has 0 rings (SSSR count). The highest BCUT2D eigenvalue weighted by molar-refractivity contribution is 7.81. The van der Waals surface area contributed by atoms with Crippen molar-refractivity contribution in [2.75, 3.05) is 5.75 Å². The van der Waals surface area contributed by atoms with Crippen molar-refractivity contribution in [3.8, 4) is 0 Å². The van der Waals surface area contributed by atoms with Crippen molar-refractivity contribution in [3.05, 3.63) is 0 Å². The van der Waals surface area contributed by atoms with Crippen molar-refractivity contribution < 1.29 is 9.90 Å². The Bertz CT molecular complexity index is 54.4. The Morgan fingerprint density at radius 1 is 1.62 bits per heavy atom. The Kier molecular flexibility index (Phi) is 13.3. The molecule has 0 saturated carbocycles. The van der Waals surface area contributed by atoms with E-state index in [0.29, 0.717) is 0 Å². The minimum Gasteiger partial charge on any atom is -0.549 e. The molecule has 0 aromatic heterocycles. The number of carboxylic acid groups (broad SMARTS) is 1. The van der Waals surface area contributed by atoms with Gasteiger partial charge in [-0.1, -0.05) is 20.3 Å². The molecule has 0 heterocycles. The number of hydrogen-bond donors (Lipinski definition) is 1. The molecule has 50 valence electrons. The first-order chi connectivity index (χ1) is 3.68. The summed E-state index contributed by atoms with van der Waals surface area (Å²) in [4.78, 5) is 9.18. The van der Waals surface area contributed by atoms with Gasteiger partial charge in [0.1, 0.15) is 0 Å². The van der Waals surface area contributed by atoms with E-state index in [1.807, 2.05) is 0 Å². The molecule has 0 saturated heterocycles. The standard InChI is InChI=1S/C3H8.C2H4O2S/c1-3-2;3-2(4)1-5/h3H2,1-2H3;5H,1H2,(H,3,4)/p-1. The summed E-state index contributed by atoms with van der Waals surface area (Å²) in [6, 6.07) is 0. The van der Waals surface area contributed by atoms with Gasteiger partial charge < -0.3 is 9.90 Å². The summed E-state index contributed by atoms with van der Waals surface area (Å²) >= 11 is 3.35. The van der Waals surface area contributed by atoms with E-state index in [4.69, 9.17) is 0 Å². The van der Waals surface area contributed by atoms with Gasteiger partial charge in [-0.15, -0.1) is 0 Å². The van der Waals surface area contributed by atoms with Gasteiger partial charge >= 0.3 is 0 Å². The van der Waals surface area contributed by atoms with E-state index in [0.717, 1.165) is 0 Å². The lowest BCUT2D eigenvalue weighted by molar-refractivity contribution is -0.301. The van der Waals surface area contributed by atoms with Crippen LogP contribution in [0.15, 0.2) is 0 Å². The summed E-state index contributed by atoms with van der Waals surface area (Å²) in [5.41, 5.74) is 0. The van der Waals surface area contributed by atoms with Crippen LogP contribution in [0.3, 0.4) is 0 Å². The first kappa shape index (κ1) is 10.7. The molecule has 0 aliphatic heterocycles. The van der Waals surface area contributed by atoms with E-state index < -0.39 is 5.97 Å². The summed E-state index contributed by atoms with van der Waals surface area (Å²) in [5.74, 6) is -1.33. The molecular formula is C5H11O2S-. The Hall–Kier alpha value is -0.180. The van der Waals surface area contributed by atoms with Crippen LogP contribution in [0.2, 0.25) is 0 Å². The topological polar surface area (TPSA) is 40.1 Å². The molecule has 0 aliphatic rings. The number of aliphatic carboxylic acids is 1. The molecule has 0 radical (unpaired) electrons. The number of carbonyl (C=O) groups excluding carboxylic acids is 1. The van der Waals surface area contributed by atoms with E-state index >= 15 is 0 Å². The zero-order valence-corrected chi connectivity index (χ0v) is 6.07. The van der Waals surface area contributed by atoms with Gasteiger partial charge in [0.25, 0.3) is 0 Å². The van der Waals surface area contributed by atoms with Crippen LogP contribution in [0.4, 0.5) is 0 Å². The van der Waals surface area contributed by atoms with E-state index in [9.17, 15) is 9.90 Å². The number of carbonyl (C=O) groups is 1. The molecule has 0 bridgehead atoms. The fraction of sp³-hybridized carbons (Fsp3) is 0.800. The van der Waals surface area contributed by atoms with Crippen LogP contribution in [0.5, 0.6) is 0 Å². The summed E-state index contributed by atoms with van der Waals surface area (Å²) in [6.07, 6.45) is 1.25. The third kappa shape index (κ3) is 40.8. The van der Waals surface area contributed by atoms with Crippen molar-refractivity contribution >= 4 is 18.6 Å². The molecule has 0 N–H and O–H groups in total. The fourth-order valence-electron chi connectivity index (χ4n) is 0. The third-order valence-electron chi connectivity index (χ3n) is 0.129. The maximum Gasteiger partial charge on any atom is 0.0510 e. The highest BCUT2D eigenvalue weighted by atomic mass is 32.1. The maximum absolute atomic E-state index is 9.18. The van der Waals surface area contributed by atoms with Crippen LogP contribution >= 0.6 is 12.6 Å². The summed E-state index contributed by atoms with van der Waals surface area (Å²) in [5, 5.41) is 9.18. The molecule has 0 fully saturated rings. The molecule has 0 unspecified atom stereocenters. The van der Waals surface area contributed by atoms with Crippen molar-refractivity contribution in [2.45, 2.75) is 20.3 Å². The highest BCUT2D eigenvalue weighted by Gasteiger charge is 1.66. The van der Waals surface area contributed by atoms with E-state index in [2.05, 4.69) is 26.5 Å². The second-order valence-electron chi connectivity index (χ2n) is 1.24. The third-order valence-corrected chi connectivity index (χ3v) is 0.387. The Labute approximate surface area is 55.3 Å². The fourth-order valence-corrected chi connectivity index (χ4v) is 0. The van der Waals surface area contributed by atoms with Crippen LogP contribution in [-0.2, 0) is 4.79 Å². The molecule has 3 heteroatoms. The minimum absolute atomic E-state index is 0.194. The lowest BCUT2D eigenvalue weighted by Crippen LogP contribution is -2.23. The van der Waals surface area contributed by atoms with Crippen LogP contribution in [0, 0.1) is 0 Å². The quantitative estimate of drug-likeness (QED) is 0.517. The van der Waals surface area contributed by atoms with Gasteiger partial charge in [0.15, 0.2) is 0 Å². The zero-order valence-electron chi connectivity index (χ0n) is 5.18. The van der Waals surface area contributed by atoms with Gasteiger partial charge in [0.05, 0.1) is 5.97 Å². The number of hydrogen-bond acceptors (Lipinski definition) is 3. The van der Waals surface area contributed by atoms with Crippen LogP contribution in [0.1, 0.15) is 20.3 Å². The normalized spacial score (nSPS) is 6.88. The molecule has 0 aliphatic carbocycles. The van der Waals surface area contributed by atoms with E-state index in [-0.39, 0.29) is 5.75 Å². The van der Waals surface area contributed by atoms with Crippen LogP contribution in [0.25, 0.3) is 0 Å². The summed E-state index contributed by atoms with van der Waals surface area (Å²) < 4.78 is 0. The van der Waals surface area contributed by atoms with Gasteiger partial charge in [-0.25, -0.2) is 0 Å². The zero-order chi connectivity index (χ0) is 6.99. The van der Waals surface area contributed by atoms with Crippen molar-refractivity contribution in [2.24, 2.45) is 0 Å². The van der Waals surface area contributed by atoms with Gasteiger partial charge in [-0.05, 0) is 0 Å². The van der Waals surface area contributed by atoms with E-state index in [1.54, 1.807) is 0 Å². The average Bonchev–Trinajstić information content (AvgIpc) is 1.69. The molecular weight excluding hydrogens is 124 g/mol. The molecule has 0 aromatic rings. The number of thiol groups is 1. The van der Waals surface area contributed by atoms with Gasteiger partial charge in [0, 0.05) is 5.75 Å². The summed E-state index contributed by atoms with van der Waals surface area (Å²) in [7, 11) is 0. The SMILES string of the molecule is CCC.O=C([O-])CS. The highest BCUT2D eigenvalue weighted by Crippen LogP contribution is 1.62. The lowest BCUT2D eigenvalue weighted by atomic mass is 10.6. The molecule has 0 spiro atoms. The van der Waals surface area contributed by atoms with Crippen LogP contribution in [-0.4, -0.2) is 11.7 Å². The smallest absolute Gasteiger partial charge is 0.0510 e. The number of rotatable bonds is 1. The first-order valence-corrected chi connectivity index (χ1v) is 3.12. The maximum atomic E-state index is 9.18. The van der Waals surface area contributed by atoms with Gasteiger partial charge in [-0.3, -0.25) is 0 Å². The van der Waals surface area contributed by atoms with Gasteiger partial charge in [-0.2, -0.15) is 12.6 Å². The molecule has 8 heavy (non-hydrogen) atoms. The second kappa shape index (κ2) is 9.94. The lowest BCUT2D eigenvalue weighted by Gasteiger charge is -1.86. The van der Waals surface area contributed by atoms with E-state index in [1.165, 1.54) is 6.42 Å². The van der Waals surface area contributed by atoms with Crippen molar-refractivity contribution in [1.82, 2.24) is 0 Å². The average molecular weight is 135 g/mol. The largest absolute Gasteiger partial charge is 0.549 e. The van der Waals surface area contributed by atoms with Crippen molar-refractivity contribution in [1.29, 1.82) is 0 Å². The van der Waals surface area contributed by atoms with Crippen molar-refractivity contribution in [3.63, 3.8) is 0 Å². The molecule has 0 aromatic carbocycles. The first-order valence-electron chi connectivity index (χ1n) is 2.49. The Balaban J connectivity index is 0. The summed E-state index contributed by atoms with van der Waals surface area (Å²) in [6.45, 7) is 4.25. The Morgan fingerprint density at radius 2 is 1.75 bits per heavy atom. The predicted octanol–water partition coefficient (Wildman–Crippen LogP) is 0.0824. The Morgan fingerprint density at radius 3 is 1.75 bits per heavy atom. The molecule has 2 nitrogen and oxygen atoms in total. The van der Waals surface area contributed by atoms with Crippen LogP contribution < -0.4 is 5.11 Å². The monoisotopic (exact) mass is 135 g/mol. The predicted molar refractivity (Wildman–Crippen MR) is 34.8 cm³/mol. The van der Waals surface area contributed by atoms with Gasteiger partial charge in [0.2, 0.25) is 0 Å². The molecule has 0 amide bonds. The number of carboxylic acids is 1. The second-order valence-corrected chi connectivity index (χ2v) is 1.55. The molecule has 0 atom stereocenters.